The molecule has 0 amide bonds. The Morgan fingerprint density at radius 2 is 2.30 bits per heavy atom. The monoisotopic (exact) mass is 350 g/mol. The van der Waals surface area contributed by atoms with Crippen LogP contribution in [0, 0.1) is 0 Å². The first-order valence-corrected chi connectivity index (χ1v) is 8.45. The molecule has 1 aliphatic rings. The van der Waals surface area contributed by atoms with Crippen LogP contribution in [0.3, 0.4) is 0 Å². The van der Waals surface area contributed by atoms with Crippen molar-refractivity contribution in [1.82, 2.24) is 24.4 Å². The summed E-state index contributed by atoms with van der Waals surface area (Å²) in [5.41, 5.74) is 2.64. The summed E-state index contributed by atoms with van der Waals surface area (Å²) in [6.45, 7) is 4.32. The molecule has 4 heterocycles. The molecule has 4 rings (SSSR count). The Labute approximate surface area is 142 Å². The lowest BCUT2D eigenvalue weighted by atomic mass is 10.1. The largest absolute Gasteiger partial charge is 0.377 e. The van der Waals surface area contributed by atoms with Gasteiger partial charge in [0, 0.05) is 19.2 Å². The smallest absolute Gasteiger partial charge is 0.169 e. The average molecular weight is 351 g/mol. The van der Waals surface area contributed by atoms with Gasteiger partial charge in [0.15, 0.2) is 5.15 Å². The van der Waals surface area contributed by atoms with E-state index >= 15 is 0 Å². The Hall–Kier alpha value is -1.77. The van der Waals surface area contributed by atoms with Crippen molar-refractivity contribution in [1.29, 1.82) is 0 Å². The van der Waals surface area contributed by atoms with Gasteiger partial charge in [0.1, 0.15) is 11.3 Å². The molecule has 23 heavy (non-hydrogen) atoms. The van der Waals surface area contributed by atoms with Crippen LogP contribution < -0.4 is 4.90 Å². The fourth-order valence-electron chi connectivity index (χ4n) is 2.82. The predicted molar refractivity (Wildman–Crippen MR) is 90.0 cm³/mol. The van der Waals surface area contributed by atoms with Gasteiger partial charge in [-0.15, -0.1) is 5.10 Å². The van der Waals surface area contributed by atoms with E-state index in [1.165, 1.54) is 11.5 Å². The number of morpholine rings is 1. The highest BCUT2D eigenvalue weighted by molar-refractivity contribution is 7.14. The van der Waals surface area contributed by atoms with Crippen LogP contribution in [-0.2, 0) is 11.8 Å². The average Bonchev–Trinajstić information content (AvgIpc) is 3.14. The van der Waals surface area contributed by atoms with Crippen molar-refractivity contribution < 1.29 is 4.74 Å². The first kappa shape index (κ1) is 14.8. The summed E-state index contributed by atoms with van der Waals surface area (Å²) in [6.07, 6.45) is 1.74. The topological polar surface area (TPSA) is 69.0 Å². The number of aromatic nitrogens is 5. The van der Waals surface area contributed by atoms with Crippen molar-refractivity contribution in [2.24, 2.45) is 7.05 Å². The molecular weight excluding hydrogens is 336 g/mol. The van der Waals surface area contributed by atoms with Crippen LogP contribution >= 0.6 is 23.1 Å². The molecule has 3 aromatic rings. The molecule has 1 aliphatic heterocycles. The number of hydrogen-bond donors (Lipinski definition) is 0. The van der Waals surface area contributed by atoms with Gasteiger partial charge < -0.3 is 9.64 Å². The van der Waals surface area contributed by atoms with Gasteiger partial charge in [-0.1, -0.05) is 16.8 Å². The zero-order chi connectivity index (χ0) is 16.0. The summed E-state index contributed by atoms with van der Waals surface area (Å²) in [6, 6.07) is 2.33. The van der Waals surface area contributed by atoms with Crippen molar-refractivity contribution >= 4 is 39.2 Å². The third-order valence-electron chi connectivity index (χ3n) is 4.02. The number of halogens is 1. The van der Waals surface area contributed by atoms with Gasteiger partial charge in [0.25, 0.3) is 0 Å². The Kier molecular flexibility index (Phi) is 3.67. The molecule has 0 spiro atoms. The minimum atomic E-state index is 0.261. The minimum absolute atomic E-state index is 0.261. The Morgan fingerprint density at radius 1 is 1.43 bits per heavy atom. The molecule has 7 nitrogen and oxygen atoms in total. The standard InChI is InChI=1S/C14H15ClN6OS/c1-8-7-22-4-3-21(8)11-5-9(10-6-16-19-20(10)2)13-12(17-11)14(15)18-23-13/h5-6,8H,3-4,7H2,1-2H3. The number of rotatable bonds is 2. The number of hydrogen-bond acceptors (Lipinski definition) is 7. The van der Waals surface area contributed by atoms with Crippen LogP contribution in [0.5, 0.6) is 0 Å². The Morgan fingerprint density at radius 3 is 3.04 bits per heavy atom. The van der Waals surface area contributed by atoms with E-state index in [1.807, 2.05) is 7.05 Å². The number of nitrogens with zero attached hydrogens (tertiary/aromatic N) is 6. The second-order valence-electron chi connectivity index (χ2n) is 5.54. The van der Waals surface area contributed by atoms with Crippen molar-refractivity contribution in [2.75, 3.05) is 24.7 Å². The fourth-order valence-corrected chi connectivity index (χ4v) is 3.86. The highest BCUT2D eigenvalue weighted by Crippen LogP contribution is 2.36. The summed E-state index contributed by atoms with van der Waals surface area (Å²) in [7, 11) is 1.87. The van der Waals surface area contributed by atoms with Crippen LogP contribution in [0.25, 0.3) is 21.5 Å². The summed E-state index contributed by atoms with van der Waals surface area (Å²) >= 11 is 7.60. The highest BCUT2D eigenvalue weighted by Gasteiger charge is 2.24. The lowest BCUT2D eigenvalue weighted by Gasteiger charge is -2.34. The number of fused-ring (bicyclic) bond motifs is 1. The van der Waals surface area contributed by atoms with Crippen LogP contribution in [0.4, 0.5) is 5.82 Å². The molecule has 9 heteroatoms. The predicted octanol–water partition coefficient (Wildman–Crippen LogP) is 2.37. The first-order chi connectivity index (χ1) is 11.1. The van der Waals surface area contributed by atoms with E-state index in [4.69, 9.17) is 21.3 Å². The van der Waals surface area contributed by atoms with E-state index in [0.717, 1.165) is 33.8 Å². The van der Waals surface area contributed by atoms with Gasteiger partial charge in [-0.25, -0.2) is 9.67 Å². The Bertz CT molecular complexity index is 862. The van der Waals surface area contributed by atoms with Gasteiger partial charge >= 0.3 is 0 Å². The molecule has 1 fully saturated rings. The van der Waals surface area contributed by atoms with E-state index < -0.39 is 0 Å². The quantitative estimate of drug-likeness (QED) is 0.706. The normalized spacial score (nSPS) is 18.7. The second kappa shape index (κ2) is 5.70. The zero-order valence-electron chi connectivity index (χ0n) is 12.7. The van der Waals surface area contributed by atoms with E-state index in [0.29, 0.717) is 18.4 Å². The maximum Gasteiger partial charge on any atom is 0.169 e. The van der Waals surface area contributed by atoms with E-state index in [9.17, 15) is 0 Å². The molecule has 3 aromatic heterocycles. The first-order valence-electron chi connectivity index (χ1n) is 7.30. The van der Waals surface area contributed by atoms with Crippen LogP contribution in [0.2, 0.25) is 5.15 Å². The van der Waals surface area contributed by atoms with Crippen LogP contribution in [-0.4, -0.2) is 50.2 Å². The molecule has 1 unspecified atom stereocenters. The second-order valence-corrected chi connectivity index (χ2v) is 6.67. The maximum absolute atomic E-state index is 6.25. The SMILES string of the molecule is CC1COCCN1c1cc(-c2cnnn2C)c2snc(Cl)c2n1. The van der Waals surface area contributed by atoms with Gasteiger partial charge in [-0.3, -0.25) is 0 Å². The van der Waals surface area contributed by atoms with Gasteiger partial charge in [0.2, 0.25) is 0 Å². The van der Waals surface area contributed by atoms with Crippen molar-refractivity contribution in [3.05, 3.63) is 17.4 Å². The molecule has 0 saturated carbocycles. The summed E-state index contributed by atoms with van der Waals surface area (Å²) in [5.74, 6) is 0.881. The number of aryl methyl sites for hydroxylation is 1. The molecule has 1 saturated heterocycles. The lowest BCUT2D eigenvalue weighted by Crippen LogP contribution is -2.44. The van der Waals surface area contributed by atoms with Gasteiger partial charge in [-0.05, 0) is 24.5 Å². The summed E-state index contributed by atoms with van der Waals surface area (Å²) in [5, 5.41) is 8.44. The molecule has 0 aliphatic carbocycles. The van der Waals surface area contributed by atoms with E-state index in [-0.39, 0.29) is 6.04 Å². The Balaban J connectivity index is 1.93. The summed E-state index contributed by atoms with van der Waals surface area (Å²) in [4.78, 5) is 6.99. The molecule has 0 aromatic carbocycles. The molecule has 120 valence electrons. The van der Waals surface area contributed by atoms with Gasteiger partial charge in [0.05, 0.1) is 35.8 Å². The fraction of sp³-hybridized carbons (Fsp3) is 0.429. The van der Waals surface area contributed by atoms with Crippen LogP contribution in [0.15, 0.2) is 12.3 Å². The molecule has 0 bridgehead atoms. The summed E-state index contributed by atoms with van der Waals surface area (Å²) < 4.78 is 12.5. The number of pyridine rings is 1. The van der Waals surface area contributed by atoms with Gasteiger partial charge in [-0.2, -0.15) is 4.37 Å². The molecular formula is C14H15ClN6OS. The molecule has 0 radical (unpaired) electrons. The molecule has 0 N–H and O–H groups in total. The third kappa shape index (κ3) is 2.46. The van der Waals surface area contributed by atoms with E-state index in [1.54, 1.807) is 10.9 Å². The number of ether oxygens (including phenoxy) is 1. The maximum atomic E-state index is 6.25. The number of anilines is 1. The van der Waals surface area contributed by atoms with Crippen molar-refractivity contribution in [3.8, 4) is 11.3 Å². The minimum Gasteiger partial charge on any atom is -0.377 e. The lowest BCUT2D eigenvalue weighted by molar-refractivity contribution is 0.0986. The third-order valence-corrected chi connectivity index (χ3v) is 5.26. The van der Waals surface area contributed by atoms with Crippen LogP contribution in [0.1, 0.15) is 6.92 Å². The van der Waals surface area contributed by atoms with Crippen molar-refractivity contribution in [2.45, 2.75) is 13.0 Å². The van der Waals surface area contributed by atoms with E-state index in [2.05, 4.69) is 32.6 Å². The molecule has 1 atom stereocenters. The zero-order valence-corrected chi connectivity index (χ0v) is 14.3. The van der Waals surface area contributed by atoms with Crippen molar-refractivity contribution in [3.63, 3.8) is 0 Å². The highest BCUT2D eigenvalue weighted by atomic mass is 35.5.